The summed E-state index contributed by atoms with van der Waals surface area (Å²) in [5, 5.41) is 16.1. The van der Waals surface area contributed by atoms with Gasteiger partial charge in [-0.2, -0.15) is 0 Å². The second-order valence-electron chi connectivity index (χ2n) is 6.87. The molecule has 1 atom stereocenters. The first kappa shape index (κ1) is 19.8. The predicted molar refractivity (Wildman–Crippen MR) is 116 cm³/mol. The average Bonchev–Trinajstić information content (AvgIpc) is 3.18. The van der Waals surface area contributed by atoms with Gasteiger partial charge in [-0.15, -0.1) is 11.3 Å². The Morgan fingerprint density at radius 1 is 1.28 bits per heavy atom. The molecule has 1 amide bonds. The van der Waals surface area contributed by atoms with Gasteiger partial charge in [-0.1, -0.05) is 23.7 Å². The summed E-state index contributed by atoms with van der Waals surface area (Å²) in [6.07, 6.45) is 4.02. The van der Waals surface area contributed by atoms with Crippen LogP contribution in [0.15, 0.2) is 36.5 Å². The van der Waals surface area contributed by atoms with Crippen LogP contribution in [0.3, 0.4) is 0 Å². The Kier molecular flexibility index (Phi) is 5.80. The van der Waals surface area contributed by atoms with Gasteiger partial charge < -0.3 is 15.7 Å². The van der Waals surface area contributed by atoms with E-state index in [1.165, 1.54) is 11.3 Å². The minimum Gasteiger partial charge on any atom is -0.396 e. The molecule has 0 radical (unpaired) electrons. The zero-order valence-corrected chi connectivity index (χ0v) is 17.5. The number of nitrogens with zero attached hydrogens (tertiary/aromatic N) is 2. The minimum absolute atomic E-state index is 0.0222. The summed E-state index contributed by atoms with van der Waals surface area (Å²) in [6.45, 7) is -0.0222. The molecule has 1 aliphatic carbocycles. The van der Waals surface area contributed by atoms with Crippen molar-refractivity contribution in [2.45, 2.75) is 25.3 Å². The molecule has 0 fully saturated rings. The number of aryl methyl sites for hydroxylation is 2. The van der Waals surface area contributed by atoms with Gasteiger partial charge in [-0.05, 0) is 54.2 Å². The normalized spacial score (nSPS) is 13.3. The molecule has 2 aromatic heterocycles. The molecule has 0 aliphatic heterocycles. The van der Waals surface area contributed by atoms with Crippen molar-refractivity contribution in [1.29, 1.82) is 0 Å². The van der Waals surface area contributed by atoms with Gasteiger partial charge in [0.2, 0.25) is 5.95 Å². The second-order valence-corrected chi connectivity index (χ2v) is 8.36. The third-order valence-corrected chi connectivity index (χ3v) is 6.43. The van der Waals surface area contributed by atoms with Gasteiger partial charge in [0.25, 0.3) is 5.91 Å². The van der Waals surface area contributed by atoms with E-state index in [2.05, 4.69) is 20.6 Å². The van der Waals surface area contributed by atoms with Crippen LogP contribution in [0, 0.1) is 0 Å². The van der Waals surface area contributed by atoms with Crippen molar-refractivity contribution in [3.05, 3.63) is 63.1 Å². The lowest BCUT2D eigenvalue weighted by atomic mass is 9.96. The summed E-state index contributed by atoms with van der Waals surface area (Å²) in [7, 11) is 1.79. The number of fused-ring (bicyclic) bond motifs is 3. The molecule has 4 rings (SSSR count). The van der Waals surface area contributed by atoms with Crippen LogP contribution in [0.25, 0.3) is 10.6 Å². The number of benzene rings is 1. The molecule has 3 N–H and O–H groups in total. The fourth-order valence-electron chi connectivity index (χ4n) is 3.48. The summed E-state index contributed by atoms with van der Waals surface area (Å²) >= 11 is 7.42. The van der Waals surface area contributed by atoms with Crippen LogP contribution in [0.4, 0.5) is 5.95 Å². The number of hydrogen-bond acceptors (Lipinski definition) is 6. The number of halogens is 1. The highest BCUT2D eigenvalue weighted by Crippen LogP contribution is 2.38. The second kappa shape index (κ2) is 8.49. The van der Waals surface area contributed by atoms with E-state index in [1.54, 1.807) is 19.2 Å². The lowest BCUT2D eigenvalue weighted by Gasteiger charge is -2.18. The third-order valence-electron chi connectivity index (χ3n) is 5.00. The Morgan fingerprint density at radius 2 is 2.03 bits per heavy atom. The van der Waals surface area contributed by atoms with Crippen LogP contribution >= 0.6 is 22.9 Å². The van der Waals surface area contributed by atoms with Crippen LogP contribution in [0.5, 0.6) is 0 Å². The quantitative estimate of drug-likeness (QED) is 0.555. The van der Waals surface area contributed by atoms with Crippen molar-refractivity contribution in [3.8, 4) is 10.6 Å². The van der Waals surface area contributed by atoms with Crippen molar-refractivity contribution in [2.24, 2.45) is 0 Å². The van der Waals surface area contributed by atoms with E-state index >= 15 is 0 Å². The first-order valence-electron chi connectivity index (χ1n) is 9.43. The smallest absolute Gasteiger partial charge is 0.261 e. The van der Waals surface area contributed by atoms with Gasteiger partial charge in [0.05, 0.1) is 21.5 Å². The number of aromatic nitrogens is 2. The number of aliphatic hydroxyl groups is 1. The largest absolute Gasteiger partial charge is 0.396 e. The first-order valence-corrected chi connectivity index (χ1v) is 10.6. The summed E-state index contributed by atoms with van der Waals surface area (Å²) in [6, 6.07) is 8.98. The molecule has 29 heavy (non-hydrogen) atoms. The van der Waals surface area contributed by atoms with Crippen LogP contribution in [-0.4, -0.2) is 34.6 Å². The fraction of sp³-hybridized carbons (Fsp3) is 0.286. The summed E-state index contributed by atoms with van der Waals surface area (Å²) in [5.74, 6) is 0.420. The molecule has 6 nitrogen and oxygen atoms in total. The van der Waals surface area contributed by atoms with Gasteiger partial charge >= 0.3 is 0 Å². The highest BCUT2D eigenvalue weighted by molar-refractivity contribution is 7.17. The SMILES string of the molecule is CNc1ncc2c(n1)-c1sc(C(=O)NC(CCO)c3ccc(Cl)cc3)cc1CC2. The zero-order chi connectivity index (χ0) is 20.4. The zero-order valence-electron chi connectivity index (χ0n) is 15.9. The van der Waals surface area contributed by atoms with Crippen molar-refractivity contribution in [2.75, 3.05) is 19.0 Å². The van der Waals surface area contributed by atoms with Crippen LogP contribution < -0.4 is 10.6 Å². The van der Waals surface area contributed by atoms with E-state index < -0.39 is 0 Å². The van der Waals surface area contributed by atoms with Gasteiger partial charge in [0.15, 0.2) is 0 Å². The molecule has 0 spiro atoms. The van der Waals surface area contributed by atoms with Crippen molar-refractivity contribution in [1.82, 2.24) is 15.3 Å². The first-order chi connectivity index (χ1) is 14.1. The van der Waals surface area contributed by atoms with Crippen LogP contribution in [0.1, 0.15) is 38.8 Å². The molecular formula is C21H21ClN4O2S. The molecular weight excluding hydrogens is 408 g/mol. The topological polar surface area (TPSA) is 87.1 Å². The molecule has 1 aliphatic rings. The molecule has 3 aromatic rings. The maximum Gasteiger partial charge on any atom is 0.261 e. The predicted octanol–water partition coefficient (Wildman–Crippen LogP) is 3.85. The molecule has 2 heterocycles. The molecule has 0 saturated heterocycles. The van der Waals surface area contributed by atoms with E-state index in [0.29, 0.717) is 22.3 Å². The Bertz CT molecular complexity index is 1040. The minimum atomic E-state index is -0.283. The Labute approximate surface area is 178 Å². The van der Waals surface area contributed by atoms with Crippen molar-refractivity contribution in [3.63, 3.8) is 0 Å². The van der Waals surface area contributed by atoms with Crippen molar-refractivity contribution >= 4 is 34.8 Å². The van der Waals surface area contributed by atoms with E-state index in [0.717, 1.165) is 40.1 Å². The number of hydrogen-bond donors (Lipinski definition) is 3. The number of anilines is 1. The number of thiophene rings is 1. The molecule has 8 heteroatoms. The number of carbonyl (C=O) groups excluding carboxylic acids is 1. The summed E-state index contributed by atoms with van der Waals surface area (Å²) < 4.78 is 0. The highest BCUT2D eigenvalue weighted by atomic mass is 35.5. The van der Waals surface area contributed by atoms with Gasteiger partial charge in [-0.3, -0.25) is 4.79 Å². The van der Waals surface area contributed by atoms with E-state index in [1.807, 2.05) is 24.4 Å². The monoisotopic (exact) mass is 428 g/mol. The Morgan fingerprint density at radius 3 is 2.76 bits per heavy atom. The average molecular weight is 429 g/mol. The number of carbonyl (C=O) groups is 1. The molecule has 0 bridgehead atoms. The van der Waals surface area contributed by atoms with Crippen LogP contribution in [0.2, 0.25) is 5.02 Å². The summed E-state index contributed by atoms with van der Waals surface area (Å²) in [4.78, 5) is 23.5. The van der Waals surface area contributed by atoms with E-state index in [-0.39, 0.29) is 18.6 Å². The van der Waals surface area contributed by atoms with Gasteiger partial charge in [-0.25, -0.2) is 9.97 Å². The van der Waals surface area contributed by atoms with E-state index in [4.69, 9.17) is 11.6 Å². The van der Waals surface area contributed by atoms with Gasteiger partial charge in [0.1, 0.15) is 0 Å². The lowest BCUT2D eigenvalue weighted by Crippen LogP contribution is -2.28. The number of aliphatic hydroxyl groups excluding tert-OH is 1. The van der Waals surface area contributed by atoms with E-state index in [9.17, 15) is 9.90 Å². The lowest BCUT2D eigenvalue weighted by molar-refractivity contribution is 0.0934. The maximum absolute atomic E-state index is 13.0. The fourth-order valence-corrected chi connectivity index (χ4v) is 4.74. The Hall–Kier alpha value is -2.48. The highest BCUT2D eigenvalue weighted by Gasteiger charge is 2.24. The summed E-state index contributed by atoms with van der Waals surface area (Å²) in [5.41, 5.74) is 4.05. The number of amides is 1. The maximum atomic E-state index is 13.0. The number of rotatable bonds is 6. The standard InChI is InChI=1S/C21H21ClN4O2S/c1-23-21-24-11-14-3-2-13-10-17(29-19(13)18(14)26-21)20(28)25-16(8-9-27)12-4-6-15(22)7-5-12/h4-7,10-11,16,27H,2-3,8-9H2,1H3,(H,25,28)(H,23,24,26). The Balaban J connectivity index is 1.60. The third kappa shape index (κ3) is 4.12. The van der Waals surface area contributed by atoms with Crippen molar-refractivity contribution < 1.29 is 9.90 Å². The van der Waals surface area contributed by atoms with Gasteiger partial charge in [0, 0.05) is 24.9 Å². The molecule has 150 valence electrons. The molecule has 0 saturated carbocycles. The molecule has 1 unspecified atom stereocenters. The number of nitrogens with one attached hydrogen (secondary N) is 2. The van der Waals surface area contributed by atoms with Crippen LogP contribution in [-0.2, 0) is 12.8 Å². The molecule has 1 aromatic carbocycles.